The van der Waals surface area contributed by atoms with Crippen molar-refractivity contribution in [3.05, 3.63) is 0 Å². The van der Waals surface area contributed by atoms with Crippen LogP contribution < -0.4 is 0 Å². The molecule has 174 valence electrons. The molecule has 5 fully saturated rings. The average molecular weight is 432 g/mol. The molecule has 0 radical (unpaired) electrons. The lowest BCUT2D eigenvalue weighted by Crippen LogP contribution is -2.54. The number of ketones is 1. The van der Waals surface area contributed by atoms with Crippen molar-refractivity contribution in [1.29, 1.82) is 0 Å². The van der Waals surface area contributed by atoms with E-state index in [0.29, 0.717) is 29.5 Å². The number of Topliss-reactive ketones (excluding diaryl/α,β-unsaturated/α-hetero) is 1. The summed E-state index contributed by atoms with van der Waals surface area (Å²) in [5.41, 5.74) is 0.337. The van der Waals surface area contributed by atoms with Crippen LogP contribution in [-0.4, -0.2) is 55.6 Å². The highest BCUT2D eigenvalue weighted by Gasteiger charge is 2.60. The van der Waals surface area contributed by atoms with Crippen LogP contribution >= 0.6 is 0 Å². The Morgan fingerprint density at radius 3 is 2.68 bits per heavy atom. The topological polar surface area (TPSA) is 55.8 Å². The van der Waals surface area contributed by atoms with Gasteiger partial charge in [0, 0.05) is 31.5 Å². The molecule has 0 N–H and O–H groups in total. The molecule has 5 nitrogen and oxygen atoms in total. The number of fused-ring (bicyclic) bond motifs is 5. The Labute approximate surface area is 187 Å². The second kappa shape index (κ2) is 8.44. The van der Waals surface area contributed by atoms with Crippen LogP contribution in [0.5, 0.6) is 0 Å². The molecular formula is C26H41NO4. The lowest BCUT2D eigenvalue weighted by Gasteiger charge is -2.60. The second-order valence-electron chi connectivity index (χ2n) is 11.7. The van der Waals surface area contributed by atoms with Gasteiger partial charge in [0.25, 0.3) is 0 Å². The minimum atomic E-state index is -0.0302. The van der Waals surface area contributed by atoms with Crippen molar-refractivity contribution in [2.75, 3.05) is 32.8 Å². The van der Waals surface area contributed by atoms with Crippen LogP contribution in [0.4, 0.5) is 0 Å². The molecule has 1 aliphatic heterocycles. The van der Waals surface area contributed by atoms with Crippen LogP contribution in [0.15, 0.2) is 0 Å². The summed E-state index contributed by atoms with van der Waals surface area (Å²) in [5, 5.41) is 0. The molecule has 1 saturated heterocycles. The fourth-order valence-electron chi connectivity index (χ4n) is 8.42. The first kappa shape index (κ1) is 21.9. The van der Waals surface area contributed by atoms with Gasteiger partial charge in [-0.1, -0.05) is 13.8 Å². The van der Waals surface area contributed by atoms with Crippen LogP contribution in [0.1, 0.15) is 78.1 Å². The molecule has 4 saturated carbocycles. The highest BCUT2D eigenvalue weighted by Crippen LogP contribution is 2.65. The zero-order chi connectivity index (χ0) is 21.6. The minimum Gasteiger partial charge on any atom is -0.462 e. The van der Waals surface area contributed by atoms with Crippen LogP contribution in [0, 0.1) is 34.5 Å². The number of rotatable bonds is 4. The number of hydrogen-bond donors (Lipinski definition) is 0. The second-order valence-corrected chi connectivity index (χ2v) is 11.7. The summed E-state index contributed by atoms with van der Waals surface area (Å²) in [7, 11) is 0. The summed E-state index contributed by atoms with van der Waals surface area (Å²) >= 11 is 0. The number of carbonyl (C=O) groups is 2. The first-order valence-electron chi connectivity index (χ1n) is 12.9. The van der Waals surface area contributed by atoms with Gasteiger partial charge in [0.15, 0.2) is 0 Å². The van der Waals surface area contributed by atoms with Crippen molar-refractivity contribution >= 4 is 11.8 Å². The number of nitrogens with zero attached hydrogens (tertiary/aromatic N) is 1. The van der Waals surface area contributed by atoms with Crippen molar-refractivity contribution in [2.24, 2.45) is 34.5 Å². The van der Waals surface area contributed by atoms with Crippen molar-refractivity contribution in [3.63, 3.8) is 0 Å². The molecule has 1 heterocycles. The number of morpholine rings is 1. The third-order valence-corrected chi connectivity index (χ3v) is 10.4. The quantitative estimate of drug-likeness (QED) is 0.624. The Balaban J connectivity index is 1.17. The van der Waals surface area contributed by atoms with E-state index in [-0.39, 0.29) is 17.5 Å². The van der Waals surface area contributed by atoms with Gasteiger partial charge in [-0.05, 0) is 80.5 Å². The molecule has 0 bridgehead atoms. The summed E-state index contributed by atoms with van der Waals surface area (Å²) in [6.45, 7) is 8.98. The van der Waals surface area contributed by atoms with Crippen molar-refractivity contribution in [1.82, 2.24) is 4.90 Å². The monoisotopic (exact) mass is 431 g/mol. The van der Waals surface area contributed by atoms with E-state index in [0.717, 1.165) is 76.8 Å². The van der Waals surface area contributed by atoms with E-state index in [9.17, 15) is 9.59 Å². The summed E-state index contributed by atoms with van der Waals surface area (Å²) in [5.74, 6) is 3.29. The molecule has 0 spiro atoms. The fourth-order valence-corrected chi connectivity index (χ4v) is 8.42. The van der Waals surface area contributed by atoms with E-state index in [1.165, 1.54) is 25.7 Å². The Morgan fingerprint density at radius 1 is 1.06 bits per heavy atom. The van der Waals surface area contributed by atoms with Gasteiger partial charge < -0.3 is 9.47 Å². The third-order valence-electron chi connectivity index (χ3n) is 10.4. The Bertz CT molecular complexity index is 704. The molecule has 5 rings (SSSR count). The molecule has 0 aromatic rings. The summed E-state index contributed by atoms with van der Waals surface area (Å²) in [4.78, 5) is 27.4. The van der Waals surface area contributed by atoms with Crippen LogP contribution in [0.3, 0.4) is 0 Å². The van der Waals surface area contributed by atoms with E-state index in [4.69, 9.17) is 9.47 Å². The predicted molar refractivity (Wildman–Crippen MR) is 118 cm³/mol. The maximum atomic E-state index is 12.6. The lowest BCUT2D eigenvalue weighted by molar-refractivity contribution is -0.162. The predicted octanol–water partition coefficient (Wildman–Crippen LogP) is 4.23. The lowest BCUT2D eigenvalue weighted by atomic mass is 9.45. The first-order chi connectivity index (χ1) is 14.9. The van der Waals surface area contributed by atoms with E-state index < -0.39 is 0 Å². The summed E-state index contributed by atoms with van der Waals surface area (Å²) in [6, 6.07) is 0. The Hall–Kier alpha value is -0.940. The smallest absolute Gasteiger partial charge is 0.307 e. The highest BCUT2D eigenvalue weighted by atomic mass is 16.5. The van der Waals surface area contributed by atoms with Gasteiger partial charge in [0.05, 0.1) is 19.6 Å². The van der Waals surface area contributed by atoms with Gasteiger partial charge in [0.2, 0.25) is 0 Å². The zero-order valence-corrected chi connectivity index (χ0v) is 19.6. The van der Waals surface area contributed by atoms with Crippen LogP contribution in [-0.2, 0) is 19.1 Å². The maximum absolute atomic E-state index is 12.6. The first-order valence-corrected chi connectivity index (χ1v) is 12.9. The SMILES string of the molecule is C[C@]12CC[C@H](OC(=O)CCN3CCOCC3)C[C@@H]1CC[C@@H]1[C@@H]2CC[C@]2(C)C(=O)CC[C@@H]12. The third kappa shape index (κ3) is 3.88. The van der Waals surface area contributed by atoms with Crippen LogP contribution in [0.25, 0.3) is 0 Å². The van der Waals surface area contributed by atoms with Gasteiger partial charge in [-0.3, -0.25) is 14.5 Å². The van der Waals surface area contributed by atoms with Crippen molar-refractivity contribution in [3.8, 4) is 0 Å². The van der Waals surface area contributed by atoms with E-state index in [1.54, 1.807) is 0 Å². The standard InChI is InChI=1S/C26H41NO4/c1-25-10-7-19(31-24(29)9-12-27-13-15-30-16-14-27)17-18(25)3-4-20-21-5-6-23(28)26(21,2)11-8-22(20)25/h18-22H,3-17H2,1-2H3/t18-,19-,20-,21-,22-,25-,26-/m0/s1. The van der Waals surface area contributed by atoms with Crippen molar-refractivity contribution in [2.45, 2.75) is 84.2 Å². The number of esters is 1. The average Bonchev–Trinajstić information content (AvgIpc) is 3.08. The molecule has 5 heteroatoms. The highest BCUT2D eigenvalue weighted by molar-refractivity contribution is 5.87. The van der Waals surface area contributed by atoms with Gasteiger partial charge in [-0.25, -0.2) is 0 Å². The molecule has 4 aliphatic carbocycles. The Morgan fingerprint density at radius 2 is 1.87 bits per heavy atom. The Kier molecular flexibility index (Phi) is 5.96. The largest absolute Gasteiger partial charge is 0.462 e. The molecule has 0 aromatic heterocycles. The zero-order valence-electron chi connectivity index (χ0n) is 19.6. The fraction of sp³-hybridized carbons (Fsp3) is 0.923. The minimum absolute atomic E-state index is 0.0216. The molecule has 7 atom stereocenters. The molecule has 0 aromatic carbocycles. The number of hydrogen-bond acceptors (Lipinski definition) is 5. The maximum Gasteiger partial charge on any atom is 0.307 e. The van der Waals surface area contributed by atoms with E-state index in [2.05, 4.69) is 18.7 Å². The van der Waals surface area contributed by atoms with E-state index >= 15 is 0 Å². The van der Waals surface area contributed by atoms with Crippen LogP contribution in [0.2, 0.25) is 0 Å². The summed E-state index contributed by atoms with van der Waals surface area (Å²) < 4.78 is 11.4. The van der Waals surface area contributed by atoms with E-state index in [1.807, 2.05) is 0 Å². The van der Waals surface area contributed by atoms with Crippen molar-refractivity contribution < 1.29 is 19.1 Å². The van der Waals surface area contributed by atoms with Gasteiger partial charge in [-0.15, -0.1) is 0 Å². The van der Waals surface area contributed by atoms with Gasteiger partial charge in [0.1, 0.15) is 11.9 Å². The molecule has 0 amide bonds. The molecular weight excluding hydrogens is 390 g/mol. The van der Waals surface area contributed by atoms with Gasteiger partial charge in [-0.2, -0.15) is 0 Å². The number of carbonyl (C=O) groups excluding carboxylic acids is 2. The number of ether oxygens (including phenoxy) is 2. The summed E-state index contributed by atoms with van der Waals surface area (Å²) in [6.07, 6.45) is 10.6. The molecule has 5 aliphatic rings. The van der Waals surface area contributed by atoms with Gasteiger partial charge >= 0.3 is 5.97 Å². The molecule has 0 unspecified atom stereocenters. The normalized spacial score (nSPS) is 45.5. The molecule has 31 heavy (non-hydrogen) atoms.